The van der Waals surface area contributed by atoms with E-state index < -0.39 is 0 Å². The van der Waals surface area contributed by atoms with Crippen LogP contribution in [-0.4, -0.2) is 18.1 Å². The molecule has 4 nitrogen and oxygen atoms in total. The summed E-state index contributed by atoms with van der Waals surface area (Å²) in [4.78, 5) is 17.6. The second-order valence-electron chi connectivity index (χ2n) is 7.73. The third kappa shape index (κ3) is 4.15. The Balaban J connectivity index is 1.73. The molecule has 0 amide bonds. The highest BCUT2D eigenvalue weighted by Gasteiger charge is 2.20. The average Bonchev–Trinajstić information content (AvgIpc) is 2.78. The zero-order chi connectivity index (χ0) is 22.0. The van der Waals surface area contributed by atoms with Gasteiger partial charge in [-0.2, -0.15) is 0 Å². The molecule has 1 heterocycles. The molecule has 4 aromatic rings. The summed E-state index contributed by atoms with van der Waals surface area (Å²) in [7, 11) is 1.41. The summed E-state index contributed by atoms with van der Waals surface area (Å²) in [6.45, 7) is 6.47. The number of aromatic nitrogens is 1. The third-order valence-corrected chi connectivity index (χ3v) is 5.43. The first-order chi connectivity index (χ1) is 15.0. The van der Waals surface area contributed by atoms with Gasteiger partial charge in [0.25, 0.3) is 0 Å². The van der Waals surface area contributed by atoms with E-state index >= 15 is 0 Å². The summed E-state index contributed by atoms with van der Waals surface area (Å²) in [6, 6.07) is 22.0. The maximum absolute atomic E-state index is 12.7. The van der Waals surface area contributed by atoms with Crippen molar-refractivity contribution in [1.82, 2.24) is 4.98 Å². The van der Waals surface area contributed by atoms with Gasteiger partial charge in [-0.15, -0.1) is 0 Å². The number of benzene rings is 3. The minimum absolute atomic E-state index is 0.348. The van der Waals surface area contributed by atoms with Gasteiger partial charge in [-0.3, -0.25) is 0 Å². The standard InChI is InChI=1S/C27H25NO3/c1-17-14-18(2)25-23(15-17)24(27(29)30-4)19(3)26(28-25)21-10-12-22(13-11-21)31-16-20-8-6-5-7-9-20/h5-15H,16H2,1-4H3. The van der Waals surface area contributed by atoms with E-state index in [4.69, 9.17) is 14.5 Å². The molecule has 0 bridgehead atoms. The third-order valence-electron chi connectivity index (χ3n) is 5.43. The first-order valence-electron chi connectivity index (χ1n) is 10.2. The summed E-state index contributed by atoms with van der Waals surface area (Å²) in [5.41, 5.74) is 7.13. The van der Waals surface area contributed by atoms with Crippen molar-refractivity contribution < 1.29 is 14.3 Å². The summed E-state index contributed by atoms with van der Waals surface area (Å²) in [5.74, 6) is 0.435. The fourth-order valence-electron chi connectivity index (χ4n) is 3.91. The van der Waals surface area contributed by atoms with Crippen LogP contribution in [0.2, 0.25) is 0 Å². The fourth-order valence-corrected chi connectivity index (χ4v) is 3.91. The summed E-state index contributed by atoms with van der Waals surface area (Å²) in [5, 5.41) is 0.827. The van der Waals surface area contributed by atoms with E-state index in [1.807, 2.05) is 81.4 Å². The van der Waals surface area contributed by atoms with Crippen LogP contribution in [0.1, 0.15) is 32.6 Å². The number of hydrogen-bond donors (Lipinski definition) is 0. The van der Waals surface area contributed by atoms with Gasteiger partial charge < -0.3 is 9.47 Å². The maximum atomic E-state index is 12.7. The number of pyridine rings is 1. The molecule has 0 radical (unpaired) electrons. The molecule has 0 saturated carbocycles. The van der Waals surface area contributed by atoms with Crippen LogP contribution in [0.25, 0.3) is 22.2 Å². The van der Waals surface area contributed by atoms with E-state index in [0.717, 1.165) is 50.2 Å². The van der Waals surface area contributed by atoms with Crippen LogP contribution in [-0.2, 0) is 11.3 Å². The Morgan fingerprint density at radius 3 is 2.32 bits per heavy atom. The van der Waals surface area contributed by atoms with E-state index in [1.54, 1.807) is 0 Å². The van der Waals surface area contributed by atoms with Crippen LogP contribution >= 0.6 is 0 Å². The lowest BCUT2D eigenvalue weighted by Crippen LogP contribution is -2.08. The molecule has 31 heavy (non-hydrogen) atoms. The van der Waals surface area contributed by atoms with Crippen LogP contribution in [0.4, 0.5) is 0 Å². The summed E-state index contributed by atoms with van der Waals surface area (Å²) in [6.07, 6.45) is 0. The number of aryl methyl sites for hydroxylation is 2. The lowest BCUT2D eigenvalue weighted by molar-refractivity contribution is 0.0602. The van der Waals surface area contributed by atoms with Crippen molar-refractivity contribution in [1.29, 1.82) is 0 Å². The molecule has 3 aromatic carbocycles. The van der Waals surface area contributed by atoms with Crippen molar-refractivity contribution >= 4 is 16.9 Å². The minimum atomic E-state index is -0.348. The topological polar surface area (TPSA) is 48.4 Å². The van der Waals surface area contributed by atoms with Gasteiger partial charge in [0.1, 0.15) is 12.4 Å². The molecule has 0 aliphatic carbocycles. The van der Waals surface area contributed by atoms with Gasteiger partial charge in [-0.1, -0.05) is 42.0 Å². The Morgan fingerprint density at radius 2 is 1.65 bits per heavy atom. The van der Waals surface area contributed by atoms with Gasteiger partial charge in [0.05, 0.1) is 23.9 Å². The Labute approximate surface area is 182 Å². The molecule has 4 heteroatoms. The molecule has 1 aromatic heterocycles. The summed E-state index contributed by atoms with van der Waals surface area (Å²) >= 11 is 0. The zero-order valence-corrected chi connectivity index (χ0v) is 18.2. The molecular formula is C27H25NO3. The number of carbonyl (C=O) groups excluding carboxylic acids is 1. The Hall–Kier alpha value is -3.66. The first kappa shape index (κ1) is 20.6. The minimum Gasteiger partial charge on any atom is -0.489 e. The largest absolute Gasteiger partial charge is 0.489 e. The quantitative estimate of drug-likeness (QED) is 0.367. The highest BCUT2D eigenvalue weighted by Crippen LogP contribution is 2.33. The van der Waals surface area contributed by atoms with E-state index in [9.17, 15) is 4.79 Å². The second-order valence-corrected chi connectivity index (χ2v) is 7.73. The molecule has 0 aliphatic rings. The molecular weight excluding hydrogens is 386 g/mol. The lowest BCUT2D eigenvalue weighted by Gasteiger charge is -2.15. The number of rotatable bonds is 5. The van der Waals surface area contributed by atoms with Gasteiger partial charge in [0.15, 0.2) is 0 Å². The Morgan fingerprint density at radius 1 is 0.935 bits per heavy atom. The smallest absolute Gasteiger partial charge is 0.338 e. The highest BCUT2D eigenvalue weighted by atomic mass is 16.5. The van der Waals surface area contributed by atoms with E-state index in [2.05, 4.69) is 6.07 Å². The summed E-state index contributed by atoms with van der Waals surface area (Å²) < 4.78 is 11.0. The van der Waals surface area contributed by atoms with Crippen LogP contribution < -0.4 is 4.74 Å². The molecule has 0 saturated heterocycles. The van der Waals surface area contributed by atoms with Crippen LogP contribution in [0.3, 0.4) is 0 Å². The van der Waals surface area contributed by atoms with Crippen molar-refractivity contribution in [3.05, 3.63) is 94.5 Å². The molecule has 0 atom stereocenters. The zero-order valence-electron chi connectivity index (χ0n) is 18.2. The normalized spacial score (nSPS) is 10.8. The molecule has 0 fully saturated rings. The van der Waals surface area contributed by atoms with Gasteiger partial charge in [-0.05, 0) is 67.8 Å². The number of ether oxygens (including phenoxy) is 2. The number of methoxy groups -OCH3 is 1. The Kier molecular flexibility index (Phi) is 5.72. The molecule has 0 N–H and O–H groups in total. The van der Waals surface area contributed by atoms with E-state index in [1.165, 1.54) is 7.11 Å². The van der Waals surface area contributed by atoms with Crippen molar-refractivity contribution in [2.75, 3.05) is 7.11 Å². The van der Waals surface area contributed by atoms with E-state index in [-0.39, 0.29) is 5.97 Å². The molecule has 0 spiro atoms. The average molecular weight is 412 g/mol. The number of hydrogen-bond acceptors (Lipinski definition) is 4. The molecule has 0 aliphatic heterocycles. The number of fused-ring (bicyclic) bond motifs is 1. The fraction of sp³-hybridized carbons (Fsp3) is 0.185. The second kappa shape index (κ2) is 8.60. The predicted octanol–water partition coefficient (Wildman–Crippen LogP) is 6.19. The van der Waals surface area contributed by atoms with Crippen molar-refractivity contribution in [3.63, 3.8) is 0 Å². The van der Waals surface area contributed by atoms with Crippen molar-refractivity contribution in [3.8, 4) is 17.0 Å². The van der Waals surface area contributed by atoms with Gasteiger partial charge in [0, 0.05) is 10.9 Å². The van der Waals surface area contributed by atoms with E-state index in [0.29, 0.717) is 12.2 Å². The van der Waals surface area contributed by atoms with Gasteiger partial charge in [-0.25, -0.2) is 9.78 Å². The number of carbonyl (C=O) groups is 1. The molecule has 156 valence electrons. The predicted molar refractivity (Wildman–Crippen MR) is 124 cm³/mol. The lowest BCUT2D eigenvalue weighted by atomic mass is 9.95. The van der Waals surface area contributed by atoms with Gasteiger partial charge in [0.2, 0.25) is 0 Å². The maximum Gasteiger partial charge on any atom is 0.338 e. The molecule has 4 rings (SSSR count). The van der Waals surface area contributed by atoms with Crippen LogP contribution in [0, 0.1) is 20.8 Å². The van der Waals surface area contributed by atoms with Crippen LogP contribution in [0.15, 0.2) is 66.7 Å². The number of nitrogens with zero attached hydrogens (tertiary/aromatic N) is 1. The molecule has 0 unspecified atom stereocenters. The van der Waals surface area contributed by atoms with Crippen LogP contribution in [0.5, 0.6) is 5.75 Å². The Bertz CT molecular complexity index is 1250. The van der Waals surface area contributed by atoms with Gasteiger partial charge >= 0.3 is 5.97 Å². The highest BCUT2D eigenvalue weighted by molar-refractivity contribution is 6.07. The SMILES string of the molecule is COC(=O)c1c(C)c(-c2ccc(OCc3ccccc3)cc2)nc2c(C)cc(C)cc12. The number of esters is 1. The van der Waals surface area contributed by atoms with Crippen molar-refractivity contribution in [2.24, 2.45) is 0 Å². The first-order valence-corrected chi connectivity index (χ1v) is 10.2. The van der Waals surface area contributed by atoms with Crippen molar-refractivity contribution in [2.45, 2.75) is 27.4 Å². The monoisotopic (exact) mass is 411 g/mol.